The molecule has 34 heavy (non-hydrogen) atoms. The number of pyridine rings is 1. The topological polar surface area (TPSA) is 95.7 Å². The predicted molar refractivity (Wildman–Crippen MR) is 128 cm³/mol. The smallest absolute Gasteiger partial charge is 0.150 e. The molecule has 0 bridgehead atoms. The summed E-state index contributed by atoms with van der Waals surface area (Å²) in [7, 11) is 1.57. The molecular weight excluding hydrogens is 426 g/mol. The molecule has 1 saturated heterocycles. The zero-order valence-corrected chi connectivity index (χ0v) is 19.3. The van der Waals surface area contributed by atoms with Gasteiger partial charge in [0.15, 0.2) is 0 Å². The molecule has 0 unspecified atom stereocenters. The van der Waals surface area contributed by atoms with Gasteiger partial charge < -0.3 is 9.72 Å². The Balaban J connectivity index is 1.18. The monoisotopic (exact) mass is 453 g/mol. The Morgan fingerprint density at radius 2 is 2.09 bits per heavy atom. The summed E-state index contributed by atoms with van der Waals surface area (Å²) in [5, 5.41) is 19.2. The van der Waals surface area contributed by atoms with Crippen molar-refractivity contribution in [1.29, 1.82) is 5.26 Å². The number of nitriles is 1. The molecule has 3 aromatic heterocycles. The number of ether oxygens (including phenoxy) is 1. The van der Waals surface area contributed by atoms with Crippen molar-refractivity contribution in [2.45, 2.75) is 38.8 Å². The lowest BCUT2D eigenvalue weighted by Gasteiger charge is -2.38. The van der Waals surface area contributed by atoms with E-state index in [1.165, 1.54) is 56.0 Å². The summed E-state index contributed by atoms with van der Waals surface area (Å²) in [4.78, 5) is 10.4. The van der Waals surface area contributed by atoms with E-state index in [1.807, 2.05) is 6.20 Å². The molecule has 1 saturated carbocycles. The number of nitrogens with zero attached hydrogens (tertiary/aromatic N) is 6. The Labute approximate surface area is 198 Å². The van der Waals surface area contributed by atoms with Gasteiger partial charge >= 0.3 is 0 Å². The van der Waals surface area contributed by atoms with Gasteiger partial charge in [-0.25, -0.2) is 9.67 Å². The maximum Gasteiger partial charge on any atom is 0.150 e. The maximum absolute atomic E-state index is 9.40. The first-order chi connectivity index (χ1) is 16.6. The van der Waals surface area contributed by atoms with Crippen LogP contribution in [-0.4, -0.2) is 50.1 Å². The van der Waals surface area contributed by atoms with Crippen LogP contribution in [0.2, 0.25) is 0 Å². The van der Waals surface area contributed by atoms with Crippen molar-refractivity contribution >= 4 is 10.9 Å². The molecule has 1 N–H and O–H groups in total. The number of likely N-dealkylation sites (tertiary alicyclic amines) is 1. The Bertz CT molecular complexity index is 1390. The Morgan fingerprint density at radius 3 is 2.85 bits per heavy atom. The Kier molecular flexibility index (Phi) is 5.07. The molecule has 1 aliphatic carbocycles. The van der Waals surface area contributed by atoms with Crippen molar-refractivity contribution in [2.75, 3.05) is 20.2 Å². The van der Waals surface area contributed by atoms with Crippen molar-refractivity contribution in [3.63, 3.8) is 0 Å². The lowest BCUT2D eigenvalue weighted by atomic mass is 9.68. The summed E-state index contributed by atoms with van der Waals surface area (Å²) in [5.74, 6) is 0.577. The maximum atomic E-state index is 9.40. The highest BCUT2D eigenvalue weighted by molar-refractivity contribution is 5.81. The van der Waals surface area contributed by atoms with E-state index in [1.54, 1.807) is 17.9 Å². The highest BCUT2D eigenvalue weighted by Gasteiger charge is 2.42. The fraction of sp³-hybridized carbons (Fsp3) is 0.385. The van der Waals surface area contributed by atoms with Gasteiger partial charge in [-0.2, -0.15) is 5.26 Å². The van der Waals surface area contributed by atoms with Crippen LogP contribution in [0.15, 0.2) is 42.7 Å². The predicted octanol–water partition coefficient (Wildman–Crippen LogP) is 4.13. The highest BCUT2D eigenvalue weighted by Crippen LogP contribution is 2.48. The summed E-state index contributed by atoms with van der Waals surface area (Å²) in [6.45, 7) is 4.05. The van der Waals surface area contributed by atoms with Crippen LogP contribution >= 0.6 is 0 Å². The third-order valence-corrected chi connectivity index (χ3v) is 7.43. The van der Waals surface area contributed by atoms with E-state index >= 15 is 0 Å². The summed E-state index contributed by atoms with van der Waals surface area (Å²) in [6.07, 6.45) is 8.96. The fourth-order valence-corrected chi connectivity index (χ4v) is 5.43. The van der Waals surface area contributed by atoms with Crippen LogP contribution in [0.5, 0.6) is 5.75 Å². The Hall–Kier alpha value is -3.70. The molecule has 0 radical (unpaired) electrons. The van der Waals surface area contributed by atoms with E-state index in [0.29, 0.717) is 34.7 Å². The molecule has 1 aliphatic heterocycles. The highest BCUT2D eigenvalue weighted by atomic mass is 16.5. The minimum Gasteiger partial charge on any atom is -0.495 e. The second kappa shape index (κ2) is 8.26. The molecule has 0 atom stereocenters. The molecule has 8 heteroatoms. The molecule has 2 fully saturated rings. The number of hydrogen-bond donors (Lipinski definition) is 1. The van der Waals surface area contributed by atoms with Crippen molar-refractivity contribution in [3.05, 3.63) is 59.7 Å². The van der Waals surface area contributed by atoms with Crippen LogP contribution in [0.3, 0.4) is 0 Å². The first kappa shape index (κ1) is 20.9. The number of rotatable bonds is 6. The fourth-order valence-electron chi connectivity index (χ4n) is 5.43. The largest absolute Gasteiger partial charge is 0.495 e. The van der Waals surface area contributed by atoms with Crippen LogP contribution in [0.25, 0.3) is 22.2 Å². The zero-order valence-electron chi connectivity index (χ0n) is 19.3. The van der Waals surface area contributed by atoms with Crippen LogP contribution in [0.1, 0.15) is 42.6 Å². The number of hydrogen-bond acceptors (Lipinski definition) is 6. The first-order valence-corrected chi connectivity index (χ1v) is 11.8. The minimum absolute atomic E-state index is 0.300. The first-order valence-electron chi connectivity index (χ1n) is 11.8. The summed E-state index contributed by atoms with van der Waals surface area (Å²) in [5.41, 5.74) is 5.70. The van der Waals surface area contributed by atoms with Crippen LogP contribution in [0, 0.1) is 16.7 Å². The third kappa shape index (κ3) is 3.82. The van der Waals surface area contributed by atoms with Crippen LogP contribution in [-0.2, 0) is 13.1 Å². The average Bonchev–Trinajstić information content (AvgIpc) is 3.56. The van der Waals surface area contributed by atoms with Gasteiger partial charge in [0.1, 0.15) is 23.2 Å². The number of benzene rings is 1. The summed E-state index contributed by atoms with van der Waals surface area (Å²) >= 11 is 0. The van der Waals surface area contributed by atoms with E-state index in [4.69, 9.17) is 4.74 Å². The lowest BCUT2D eigenvalue weighted by Crippen LogP contribution is -2.32. The molecule has 8 nitrogen and oxygen atoms in total. The van der Waals surface area contributed by atoms with E-state index in [2.05, 4.69) is 55.5 Å². The lowest BCUT2D eigenvalue weighted by molar-refractivity contribution is 0.137. The number of methoxy groups -OCH3 is 1. The van der Waals surface area contributed by atoms with Crippen molar-refractivity contribution < 1.29 is 4.74 Å². The van der Waals surface area contributed by atoms with Gasteiger partial charge in [0.05, 0.1) is 26.0 Å². The third-order valence-electron chi connectivity index (χ3n) is 7.43. The number of aromatic amines is 1. The second-order valence-electron chi connectivity index (χ2n) is 9.71. The van der Waals surface area contributed by atoms with Gasteiger partial charge in [-0.1, -0.05) is 23.8 Å². The van der Waals surface area contributed by atoms with Gasteiger partial charge in [0, 0.05) is 29.9 Å². The van der Waals surface area contributed by atoms with Crippen LogP contribution < -0.4 is 4.74 Å². The molecule has 172 valence electrons. The van der Waals surface area contributed by atoms with E-state index in [0.717, 1.165) is 17.6 Å². The normalized spacial score (nSPS) is 17.2. The summed E-state index contributed by atoms with van der Waals surface area (Å²) < 4.78 is 7.03. The summed E-state index contributed by atoms with van der Waals surface area (Å²) in [6, 6.07) is 12.6. The molecule has 1 spiro atoms. The zero-order chi connectivity index (χ0) is 23.1. The molecular formula is C26H27N7O. The molecule has 2 aliphatic rings. The molecule has 1 aromatic carbocycles. The van der Waals surface area contributed by atoms with Crippen molar-refractivity contribution in [3.8, 4) is 23.1 Å². The number of aromatic nitrogens is 5. The van der Waals surface area contributed by atoms with Crippen molar-refractivity contribution in [2.24, 2.45) is 5.41 Å². The number of H-pyrrole nitrogens is 1. The van der Waals surface area contributed by atoms with E-state index < -0.39 is 0 Å². The number of fused-ring (bicyclic) bond motifs is 1. The van der Waals surface area contributed by atoms with Gasteiger partial charge in [0.2, 0.25) is 0 Å². The molecule has 4 heterocycles. The van der Waals surface area contributed by atoms with Crippen molar-refractivity contribution in [1.82, 2.24) is 29.9 Å². The molecule has 0 amide bonds. The van der Waals surface area contributed by atoms with E-state index in [9.17, 15) is 5.26 Å². The van der Waals surface area contributed by atoms with Gasteiger partial charge in [-0.3, -0.25) is 4.90 Å². The minimum atomic E-state index is 0.300. The standard InChI is InChI=1S/C26H27N7O/c1-34-21-11-22(24(12-27)28-13-21)25-16-33(31-30-25)14-18-3-4-19-10-20(29-23(19)9-18)15-32-8-7-26(17-32)5-2-6-26/h3-4,9-11,13,16,29H,2,5-8,14-15,17H2,1H3. The number of nitrogens with one attached hydrogen (secondary N) is 1. The Morgan fingerprint density at radius 1 is 1.18 bits per heavy atom. The van der Waals surface area contributed by atoms with Gasteiger partial charge in [-0.05, 0) is 60.4 Å². The second-order valence-corrected chi connectivity index (χ2v) is 9.71. The quantitative estimate of drug-likeness (QED) is 0.472. The van der Waals surface area contributed by atoms with Gasteiger partial charge in [0.25, 0.3) is 0 Å². The SMILES string of the molecule is COc1cnc(C#N)c(-c2cn(Cc3ccc4cc(CN5CCC6(CCC6)C5)[nH]c4c3)nn2)c1. The van der Waals surface area contributed by atoms with Crippen LogP contribution in [0.4, 0.5) is 0 Å². The molecule has 6 rings (SSSR count). The van der Waals surface area contributed by atoms with Gasteiger partial charge in [-0.15, -0.1) is 5.10 Å². The molecule has 4 aromatic rings. The van der Waals surface area contributed by atoms with E-state index in [-0.39, 0.29) is 0 Å². The average molecular weight is 454 g/mol.